The molecule has 0 bridgehead atoms. The standard InChI is InChI=1S/C11H13NO5/c1-7(13)17-11(15)10(12-16)6-8-2-4-9(14)5-3-8/h2-5,10,12,14,16H,6H2,1H3. The summed E-state index contributed by atoms with van der Waals surface area (Å²) in [6.07, 6.45) is 0.142. The van der Waals surface area contributed by atoms with Crippen LogP contribution in [0.4, 0.5) is 0 Å². The van der Waals surface area contributed by atoms with Gasteiger partial charge >= 0.3 is 11.9 Å². The fraction of sp³-hybridized carbons (Fsp3) is 0.273. The number of carbonyl (C=O) groups excluding carboxylic acids is 2. The molecule has 1 rings (SSSR count). The molecule has 6 nitrogen and oxygen atoms in total. The van der Waals surface area contributed by atoms with Gasteiger partial charge in [-0.3, -0.25) is 4.79 Å². The highest BCUT2D eigenvalue weighted by Gasteiger charge is 2.21. The van der Waals surface area contributed by atoms with Crippen LogP contribution in [0.25, 0.3) is 0 Å². The summed E-state index contributed by atoms with van der Waals surface area (Å²) in [6.45, 7) is 1.10. The number of hydrogen-bond acceptors (Lipinski definition) is 6. The van der Waals surface area contributed by atoms with E-state index >= 15 is 0 Å². The van der Waals surface area contributed by atoms with Crippen molar-refractivity contribution >= 4 is 11.9 Å². The lowest BCUT2D eigenvalue weighted by Crippen LogP contribution is -2.38. The molecule has 6 heteroatoms. The van der Waals surface area contributed by atoms with E-state index in [0.717, 1.165) is 6.92 Å². The van der Waals surface area contributed by atoms with E-state index in [1.165, 1.54) is 12.1 Å². The molecular formula is C11H13NO5. The van der Waals surface area contributed by atoms with Gasteiger partial charge in [-0.2, -0.15) is 5.48 Å². The van der Waals surface area contributed by atoms with Crippen LogP contribution >= 0.6 is 0 Å². The van der Waals surface area contributed by atoms with Crippen molar-refractivity contribution in [2.75, 3.05) is 0 Å². The summed E-state index contributed by atoms with van der Waals surface area (Å²) in [6, 6.07) is 5.09. The maximum absolute atomic E-state index is 11.3. The molecule has 1 aromatic rings. The first-order valence-corrected chi connectivity index (χ1v) is 4.92. The Morgan fingerprint density at radius 1 is 1.35 bits per heavy atom. The average molecular weight is 239 g/mol. The number of phenols is 1. The van der Waals surface area contributed by atoms with Crippen LogP contribution < -0.4 is 5.48 Å². The van der Waals surface area contributed by atoms with Gasteiger partial charge < -0.3 is 15.1 Å². The Kier molecular flexibility index (Phi) is 4.62. The first-order chi connectivity index (χ1) is 8.02. The highest BCUT2D eigenvalue weighted by atomic mass is 16.6. The molecule has 0 aliphatic heterocycles. The lowest BCUT2D eigenvalue weighted by molar-refractivity contribution is -0.161. The van der Waals surface area contributed by atoms with Crippen molar-refractivity contribution in [3.05, 3.63) is 29.8 Å². The first kappa shape index (κ1) is 13.1. The molecule has 0 spiro atoms. The smallest absolute Gasteiger partial charge is 0.333 e. The van der Waals surface area contributed by atoms with Crippen molar-refractivity contribution in [1.29, 1.82) is 0 Å². The Hall–Kier alpha value is -1.92. The normalized spacial score (nSPS) is 11.9. The molecule has 3 N–H and O–H groups in total. The van der Waals surface area contributed by atoms with E-state index in [-0.39, 0.29) is 12.2 Å². The molecule has 1 aromatic carbocycles. The van der Waals surface area contributed by atoms with Crippen LogP contribution in [0.5, 0.6) is 5.75 Å². The van der Waals surface area contributed by atoms with E-state index in [9.17, 15) is 9.59 Å². The number of hydrogen-bond donors (Lipinski definition) is 3. The lowest BCUT2D eigenvalue weighted by atomic mass is 10.1. The Morgan fingerprint density at radius 3 is 2.41 bits per heavy atom. The molecule has 0 aliphatic carbocycles. The van der Waals surface area contributed by atoms with Gasteiger partial charge in [0.15, 0.2) is 0 Å². The van der Waals surface area contributed by atoms with Crippen molar-refractivity contribution in [2.45, 2.75) is 19.4 Å². The third-order valence-electron chi connectivity index (χ3n) is 2.06. The SMILES string of the molecule is CC(=O)OC(=O)C(Cc1ccc(O)cc1)NO. The van der Waals surface area contributed by atoms with Gasteiger partial charge in [0.2, 0.25) is 0 Å². The van der Waals surface area contributed by atoms with Crippen LogP contribution in [0.3, 0.4) is 0 Å². The maximum Gasteiger partial charge on any atom is 0.333 e. The van der Waals surface area contributed by atoms with Gasteiger partial charge in [-0.25, -0.2) is 4.79 Å². The monoisotopic (exact) mass is 239 g/mol. The van der Waals surface area contributed by atoms with Gasteiger partial charge in [0.25, 0.3) is 0 Å². The van der Waals surface area contributed by atoms with Crippen molar-refractivity contribution in [1.82, 2.24) is 5.48 Å². The Balaban J connectivity index is 2.66. The quantitative estimate of drug-likeness (QED) is 0.399. The van der Waals surface area contributed by atoms with Crippen molar-refractivity contribution < 1.29 is 24.6 Å². The van der Waals surface area contributed by atoms with E-state index in [2.05, 4.69) is 4.74 Å². The summed E-state index contributed by atoms with van der Waals surface area (Å²) < 4.78 is 4.35. The minimum absolute atomic E-state index is 0.105. The molecular weight excluding hydrogens is 226 g/mol. The van der Waals surface area contributed by atoms with E-state index in [1.54, 1.807) is 17.6 Å². The minimum Gasteiger partial charge on any atom is -0.508 e. The van der Waals surface area contributed by atoms with Gasteiger partial charge in [-0.1, -0.05) is 12.1 Å². The molecule has 1 unspecified atom stereocenters. The molecule has 0 heterocycles. The minimum atomic E-state index is -1.02. The van der Waals surface area contributed by atoms with Crippen LogP contribution in [-0.4, -0.2) is 28.3 Å². The van der Waals surface area contributed by atoms with Crippen molar-refractivity contribution in [3.63, 3.8) is 0 Å². The van der Waals surface area contributed by atoms with Crippen molar-refractivity contribution in [2.24, 2.45) is 0 Å². The van der Waals surface area contributed by atoms with Gasteiger partial charge in [0, 0.05) is 13.3 Å². The van der Waals surface area contributed by atoms with Gasteiger partial charge in [-0.05, 0) is 17.7 Å². The number of nitrogens with one attached hydrogen (secondary N) is 1. The predicted molar refractivity (Wildman–Crippen MR) is 57.3 cm³/mol. The molecule has 0 saturated heterocycles. The number of aromatic hydroxyl groups is 1. The molecule has 17 heavy (non-hydrogen) atoms. The average Bonchev–Trinajstić information content (AvgIpc) is 2.27. The second-order valence-electron chi connectivity index (χ2n) is 3.46. The summed E-state index contributed by atoms with van der Waals surface area (Å²) >= 11 is 0. The topological polar surface area (TPSA) is 95.9 Å². The van der Waals surface area contributed by atoms with E-state index in [1.807, 2.05) is 0 Å². The molecule has 0 radical (unpaired) electrons. The Bertz CT molecular complexity index is 401. The third kappa shape index (κ3) is 4.21. The third-order valence-corrected chi connectivity index (χ3v) is 2.06. The highest BCUT2D eigenvalue weighted by Crippen LogP contribution is 2.11. The van der Waals surface area contributed by atoms with Crippen LogP contribution in [-0.2, 0) is 20.7 Å². The van der Waals surface area contributed by atoms with Gasteiger partial charge in [0.05, 0.1) is 0 Å². The second-order valence-corrected chi connectivity index (χ2v) is 3.46. The molecule has 1 atom stereocenters. The molecule has 0 saturated carbocycles. The Morgan fingerprint density at radius 2 is 1.94 bits per heavy atom. The van der Waals surface area contributed by atoms with Crippen LogP contribution in [0.1, 0.15) is 12.5 Å². The molecule has 0 amide bonds. The lowest BCUT2D eigenvalue weighted by Gasteiger charge is -2.12. The summed E-state index contributed by atoms with van der Waals surface area (Å²) in [5, 5.41) is 17.9. The first-order valence-electron chi connectivity index (χ1n) is 4.92. The van der Waals surface area contributed by atoms with E-state index < -0.39 is 18.0 Å². The zero-order valence-corrected chi connectivity index (χ0v) is 9.21. The number of phenolic OH excluding ortho intramolecular Hbond substituents is 1. The molecule has 0 aromatic heterocycles. The summed E-state index contributed by atoms with van der Waals surface area (Å²) in [7, 11) is 0. The number of ether oxygens (including phenoxy) is 1. The van der Waals surface area contributed by atoms with Crippen LogP contribution in [0, 0.1) is 0 Å². The second kappa shape index (κ2) is 5.97. The zero-order valence-electron chi connectivity index (χ0n) is 9.21. The Labute approximate surface area is 97.8 Å². The fourth-order valence-corrected chi connectivity index (χ4v) is 1.26. The number of carbonyl (C=O) groups is 2. The van der Waals surface area contributed by atoms with E-state index in [4.69, 9.17) is 10.3 Å². The fourth-order valence-electron chi connectivity index (χ4n) is 1.26. The number of benzene rings is 1. The van der Waals surface area contributed by atoms with Crippen molar-refractivity contribution in [3.8, 4) is 5.75 Å². The van der Waals surface area contributed by atoms with Gasteiger partial charge in [-0.15, -0.1) is 0 Å². The molecule has 0 fully saturated rings. The summed E-state index contributed by atoms with van der Waals surface area (Å²) in [4.78, 5) is 21.9. The molecule has 0 aliphatic rings. The number of rotatable bonds is 4. The summed E-state index contributed by atoms with van der Waals surface area (Å²) in [5.41, 5.74) is 2.48. The summed E-state index contributed by atoms with van der Waals surface area (Å²) in [5.74, 6) is -1.48. The number of hydroxylamine groups is 1. The van der Waals surface area contributed by atoms with Crippen LogP contribution in [0.15, 0.2) is 24.3 Å². The maximum atomic E-state index is 11.3. The molecule has 92 valence electrons. The zero-order chi connectivity index (χ0) is 12.8. The largest absolute Gasteiger partial charge is 0.508 e. The van der Waals surface area contributed by atoms with E-state index in [0.29, 0.717) is 5.56 Å². The highest BCUT2D eigenvalue weighted by molar-refractivity contribution is 5.87. The predicted octanol–water partition coefficient (Wildman–Crippen LogP) is 0.372. The number of esters is 2. The van der Waals surface area contributed by atoms with Crippen LogP contribution in [0.2, 0.25) is 0 Å². The van der Waals surface area contributed by atoms with Gasteiger partial charge in [0.1, 0.15) is 11.8 Å².